The number of para-hydroxylation sites is 2. The van der Waals surface area contributed by atoms with E-state index in [1.807, 2.05) is 28.8 Å². The maximum absolute atomic E-state index is 11.2. The maximum atomic E-state index is 11.2. The lowest BCUT2D eigenvalue weighted by atomic mass is 10.3. The predicted octanol–water partition coefficient (Wildman–Crippen LogP) is 1.70. The topological polar surface area (TPSA) is 64.0 Å². The Bertz CT molecular complexity index is 624. The van der Waals surface area contributed by atoms with Gasteiger partial charge in [-0.15, -0.1) is 0 Å². The lowest BCUT2D eigenvalue weighted by molar-refractivity contribution is 0.576. The highest BCUT2D eigenvalue weighted by Gasteiger charge is 2.06. The van der Waals surface area contributed by atoms with Gasteiger partial charge in [0.1, 0.15) is 4.66 Å². The van der Waals surface area contributed by atoms with Crippen LogP contribution >= 0.6 is 15.9 Å². The van der Waals surface area contributed by atoms with Crippen molar-refractivity contribution in [3.05, 3.63) is 30.6 Å². The van der Waals surface area contributed by atoms with E-state index in [4.69, 9.17) is 0 Å². The SMILES string of the molecule is O=S(=O)(CBr)NCCCn1cnc2ccccc21. The van der Waals surface area contributed by atoms with Crippen LogP contribution in [0.25, 0.3) is 11.0 Å². The van der Waals surface area contributed by atoms with Crippen molar-refractivity contribution in [2.45, 2.75) is 13.0 Å². The lowest BCUT2D eigenvalue weighted by Crippen LogP contribution is -2.26. The fourth-order valence-corrected chi connectivity index (χ4v) is 2.72. The second-order valence-electron chi connectivity index (χ2n) is 3.90. The van der Waals surface area contributed by atoms with Crippen LogP contribution in [0.4, 0.5) is 0 Å². The van der Waals surface area contributed by atoms with Crippen LogP contribution in [0, 0.1) is 0 Å². The van der Waals surface area contributed by atoms with Crippen molar-refractivity contribution < 1.29 is 8.42 Å². The highest BCUT2D eigenvalue weighted by atomic mass is 79.9. The Kier molecular flexibility index (Phi) is 4.36. The molecule has 98 valence electrons. The summed E-state index contributed by atoms with van der Waals surface area (Å²) < 4.78 is 26.9. The molecule has 0 spiro atoms. The van der Waals surface area contributed by atoms with Gasteiger partial charge in [-0.3, -0.25) is 0 Å². The van der Waals surface area contributed by atoms with Crippen molar-refractivity contribution in [1.82, 2.24) is 14.3 Å². The quantitative estimate of drug-likeness (QED) is 0.647. The van der Waals surface area contributed by atoms with Crippen molar-refractivity contribution >= 4 is 37.0 Å². The summed E-state index contributed by atoms with van der Waals surface area (Å²) in [6.07, 6.45) is 2.51. The van der Waals surface area contributed by atoms with Crippen molar-refractivity contribution in [2.75, 3.05) is 11.2 Å². The average molecular weight is 332 g/mol. The second-order valence-corrected chi connectivity index (χ2v) is 7.01. The molecule has 1 N–H and O–H groups in total. The van der Waals surface area contributed by atoms with Gasteiger partial charge in [0.05, 0.1) is 17.4 Å². The number of rotatable bonds is 6. The molecule has 0 saturated carbocycles. The number of imidazole rings is 1. The third-order valence-corrected chi connectivity index (χ3v) is 5.31. The Morgan fingerprint density at radius 2 is 2.11 bits per heavy atom. The van der Waals surface area contributed by atoms with Crippen LogP contribution in [0.3, 0.4) is 0 Å². The van der Waals surface area contributed by atoms with Gasteiger partial charge >= 0.3 is 0 Å². The molecule has 0 bridgehead atoms. The summed E-state index contributed by atoms with van der Waals surface area (Å²) in [5, 5.41) is 0. The van der Waals surface area contributed by atoms with Gasteiger partial charge < -0.3 is 4.57 Å². The second kappa shape index (κ2) is 5.81. The number of hydrogen-bond acceptors (Lipinski definition) is 3. The van der Waals surface area contributed by atoms with Crippen LogP contribution in [0.5, 0.6) is 0 Å². The molecular formula is C11H14BrN3O2S. The third kappa shape index (κ3) is 3.30. The summed E-state index contributed by atoms with van der Waals surface area (Å²) in [6, 6.07) is 7.88. The van der Waals surface area contributed by atoms with Gasteiger partial charge in [-0.05, 0) is 18.6 Å². The molecule has 1 aromatic heterocycles. The molecule has 0 aliphatic rings. The Balaban J connectivity index is 1.91. The van der Waals surface area contributed by atoms with Gasteiger partial charge in [-0.1, -0.05) is 28.1 Å². The van der Waals surface area contributed by atoms with Gasteiger partial charge in [0.25, 0.3) is 0 Å². The fraction of sp³-hybridized carbons (Fsp3) is 0.364. The van der Waals surface area contributed by atoms with Crippen LogP contribution in [0.1, 0.15) is 6.42 Å². The number of nitrogens with one attached hydrogen (secondary N) is 1. The molecule has 0 unspecified atom stereocenters. The summed E-state index contributed by atoms with van der Waals surface area (Å²) in [5.41, 5.74) is 2.03. The molecular weight excluding hydrogens is 318 g/mol. The number of fused-ring (bicyclic) bond motifs is 1. The Labute approximate surface area is 114 Å². The summed E-state index contributed by atoms with van der Waals surface area (Å²) in [7, 11) is -3.16. The molecule has 5 nitrogen and oxygen atoms in total. The number of nitrogens with zero attached hydrogens (tertiary/aromatic N) is 2. The Morgan fingerprint density at radius 3 is 2.89 bits per heavy atom. The van der Waals surface area contributed by atoms with Crippen molar-refractivity contribution in [3.8, 4) is 0 Å². The van der Waals surface area contributed by atoms with Crippen molar-refractivity contribution in [2.24, 2.45) is 0 Å². The van der Waals surface area contributed by atoms with Crippen LogP contribution in [-0.2, 0) is 16.6 Å². The van der Waals surface area contributed by atoms with Gasteiger partial charge in [0, 0.05) is 13.1 Å². The van der Waals surface area contributed by atoms with Gasteiger partial charge in [0.2, 0.25) is 10.0 Å². The van der Waals surface area contributed by atoms with E-state index in [-0.39, 0.29) is 4.66 Å². The molecule has 0 radical (unpaired) electrons. The highest BCUT2D eigenvalue weighted by molar-refractivity contribution is 9.10. The fourth-order valence-electron chi connectivity index (χ4n) is 1.70. The molecule has 7 heteroatoms. The number of benzene rings is 1. The minimum absolute atomic E-state index is 0.0615. The minimum Gasteiger partial charge on any atom is -0.331 e. The number of aryl methyl sites for hydroxylation is 1. The average Bonchev–Trinajstić information content (AvgIpc) is 2.78. The first kappa shape index (κ1) is 13.5. The first-order chi connectivity index (χ1) is 8.62. The molecule has 2 rings (SSSR count). The van der Waals surface area contributed by atoms with E-state index < -0.39 is 10.0 Å². The van der Waals surface area contributed by atoms with E-state index in [1.54, 1.807) is 6.33 Å². The predicted molar refractivity (Wildman–Crippen MR) is 75.1 cm³/mol. The van der Waals surface area contributed by atoms with Gasteiger partial charge in [-0.25, -0.2) is 18.1 Å². The standard InChI is InChI=1S/C11H14BrN3O2S/c12-8-18(16,17)14-6-3-7-15-9-13-10-4-1-2-5-11(10)15/h1-2,4-5,9,14H,3,6-8H2. The number of halogens is 1. The zero-order valence-electron chi connectivity index (χ0n) is 9.71. The molecule has 0 aliphatic heterocycles. The van der Waals surface area contributed by atoms with Gasteiger partial charge in [0.15, 0.2) is 0 Å². The monoisotopic (exact) mass is 331 g/mol. The van der Waals surface area contributed by atoms with E-state index in [0.29, 0.717) is 6.54 Å². The van der Waals surface area contributed by atoms with Crippen LogP contribution in [0.15, 0.2) is 30.6 Å². The molecule has 2 aromatic rings. The highest BCUT2D eigenvalue weighted by Crippen LogP contribution is 2.11. The van der Waals surface area contributed by atoms with Crippen LogP contribution in [0.2, 0.25) is 0 Å². The number of aromatic nitrogens is 2. The van der Waals surface area contributed by atoms with Gasteiger partial charge in [-0.2, -0.15) is 0 Å². The first-order valence-corrected chi connectivity index (χ1v) is 8.33. The van der Waals surface area contributed by atoms with E-state index in [9.17, 15) is 8.42 Å². The van der Waals surface area contributed by atoms with E-state index in [2.05, 4.69) is 25.6 Å². The van der Waals surface area contributed by atoms with E-state index >= 15 is 0 Å². The summed E-state index contributed by atoms with van der Waals surface area (Å²) >= 11 is 2.93. The molecule has 0 atom stereocenters. The first-order valence-electron chi connectivity index (χ1n) is 5.55. The summed E-state index contributed by atoms with van der Waals surface area (Å²) in [6.45, 7) is 1.17. The van der Waals surface area contributed by atoms with E-state index in [1.165, 1.54) is 0 Å². The number of sulfonamides is 1. The molecule has 1 aromatic carbocycles. The molecule has 18 heavy (non-hydrogen) atoms. The minimum atomic E-state index is -3.16. The number of alkyl halides is 1. The molecule has 0 amide bonds. The largest absolute Gasteiger partial charge is 0.331 e. The van der Waals surface area contributed by atoms with Crippen LogP contribution in [-0.4, -0.2) is 29.2 Å². The van der Waals surface area contributed by atoms with Crippen molar-refractivity contribution in [3.63, 3.8) is 0 Å². The Hall–Kier alpha value is -0.920. The van der Waals surface area contributed by atoms with E-state index in [0.717, 1.165) is 24.0 Å². The summed E-state index contributed by atoms with van der Waals surface area (Å²) in [5.74, 6) is 0. The maximum Gasteiger partial charge on any atom is 0.221 e. The molecule has 1 heterocycles. The molecule has 0 fully saturated rings. The zero-order valence-corrected chi connectivity index (χ0v) is 12.1. The normalized spacial score (nSPS) is 12.1. The summed E-state index contributed by atoms with van der Waals surface area (Å²) in [4.78, 5) is 4.28. The Morgan fingerprint density at radius 1 is 1.33 bits per heavy atom. The molecule has 0 saturated heterocycles. The zero-order chi connectivity index (χ0) is 13.0. The number of hydrogen-bond donors (Lipinski definition) is 1. The molecule has 0 aliphatic carbocycles. The lowest BCUT2D eigenvalue weighted by Gasteiger charge is -2.05. The third-order valence-electron chi connectivity index (χ3n) is 2.57. The van der Waals surface area contributed by atoms with Crippen LogP contribution < -0.4 is 4.72 Å². The van der Waals surface area contributed by atoms with Crippen molar-refractivity contribution in [1.29, 1.82) is 0 Å². The smallest absolute Gasteiger partial charge is 0.221 e.